The minimum Gasteiger partial charge on any atom is -0.385 e. The Hall–Kier alpha value is -1.95. The second-order valence-electron chi connectivity index (χ2n) is 4.24. The number of benzene rings is 1. The number of hydrogen-bond donors (Lipinski definition) is 2. The molecule has 0 aliphatic carbocycles. The van der Waals surface area contributed by atoms with Crippen molar-refractivity contribution in [1.82, 2.24) is 9.97 Å². The van der Waals surface area contributed by atoms with Crippen LogP contribution in [0.25, 0.3) is 0 Å². The van der Waals surface area contributed by atoms with E-state index in [4.69, 9.17) is 0 Å². The average molecular weight is 335 g/mol. The van der Waals surface area contributed by atoms with E-state index in [0.29, 0.717) is 16.0 Å². The van der Waals surface area contributed by atoms with Gasteiger partial charge < -0.3 is 10.6 Å². The number of aryl methyl sites for hydroxylation is 1. The van der Waals surface area contributed by atoms with Crippen molar-refractivity contribution in [2.75, 3.05) is 17.2 Å². The molecule has 1 heterocycles. The molecule has 5 nitrogen and oxygen atoms in total. The molecule has 0 aliphatic heterocycles. The Morgan fingerprint density at radius 2 is 2.10 bits per heavy atom. The van der Waals surface area contributed by atoms with Gasteiger partial charge in [-0.3, -0.25) is 4.79 Å². The molecule has 0 aliphatic rings. The molecule has 6 heteroatoms. The Morgan fingerprint density at radius 3 is 2.70 bits per heavy atom. The summed E-state index contributed by atoms with van der Waals surface area (Å²) in [5.41, 5.74) is 2.66. The summed E-state index contributed by atoms with van der Waals surface area (Å²) in [6, 6.07) is 5.53. The van der Waals surface area contributed by atoms with Crippen molar-refractivity contribution in [2.45, 2.75) is 13.8 Å². The van der Waals surface area contributed by atoms with Gasteiger partial charge in [0.05, 0.1) is 12.4 Å². The van der Waals surface area contributed by atoms with Crippen molar-refractivity contribution in [3.05, 3.63) is 46.3 Å². The van der Waals surface area contributed by atoms with Gasteiger partial charge in [0.1, 0.15) is 4.60 Å². The second kappa shape index (κ2) is 6.47. The monoisotopic (exact) mass is 334 g/mol. The smallest absolute Gasteiger partial charge is 0.256 e. The summed E-state index contributed by atoms with van der Waals surface area (Å²) in [7, 11) is 0. The minimum atomic E-state index is -0.201. The molecule has 2 rings (SSSR count). The third-order valence-corrected chi connectivity index (χ3v) is 3.13. The number of anilines is 2. The molecule has 0 unspecified atom stereocenters. The van der Waals surface area contributed by atoms with Crippen LogP contribution in [0.1, 0.15) is 22.8 Å². The van der Waals surface area contributed by atoms with Crippen LogP contribution in [0.5, 0.6) is 0 Å². The fourth-order valence-electron chi connectivity index (χ4n) is 1.76. The largest absolute Gasteiger partial charge is 0.385 e. The Balaban J connectivity index is 2.13. The lowest BCUT2D eigenvalue weighted by atomic mass is 10.1. The highest BCUT2D eigenvalue weighted by atomic mass is 79.9. The quantitative estimate of drug-likeness (QED) is 0.900. The van der Waals surface area contributed by atoms with Crippen LogP contribution in [0.2, 0.25) is 0 Å². The Bertz CT molecular complexity index is 613. The molecule has 0 saturated heterocycles. The molecule has 0 atom stereocenters. The lowest BCUT2D eigenvalue weighted by Crippen LogP contribution is -2.13. The summed E-state index contributed by atoms with van der Waals surface area (Å²) in [5.74, 6) is 0.222. The molecule has 1 amide bonds. The SMILES string of the molecule is CCNc1ccc(C(=O)Nc2cnc(Br)cn2)cc1C. The van der Waals surface area contributed by atoms with Crippen molar-refractivity contribution in [1.29, 1.82) is 0 Å². The van der Waals surface area contributed by atoms with E-state index in [1.165, 1.54) is 12.4 Å². The van der Waals surface area contributed by atoms with Gasteiger partial charge in [-0.25, -0.2) is 9.97 Å². The first-order chi connectivity index (χ1) is 9.60. The number of halogens is 1. The zero-order chi connectivity index (χ0) is 14.5. The van der Waals surface area contributed by atoms with Gasteiger partial charge in [-0.15, -0.1) is 0 Å². The van der Waals surface area contributed by atoms with Crippen molar-refractivity contribution in [2.24, 2.45) is 0 Å². The zero-order valence-corrected chi connectivity index (χ0v) is 12.9. The Kier molecular flexibility index (Phi) is 4.68. The molecule has 1 aromatic carbocycles. The summed E-state index contributed by atoms with van der Waals surface area (Å²) in [4.78, 5) is 20.2. The van der Waals surface area contributed by atoms with E-state index in [1.807, 2.05) is 26.0 Å². The van der Waals surface area contributed by atoms with E-state index in [-0.39, 0.29) is 5.91 Å². The molecular weight excluding hydrogens is 320 g/mol. The number of amides is 1. The maximum absolute atomic E-state index is 12.1. The first-order valence-electron chi connectivity index (χ1n) is 6.23. The number of nitrogens with zero attached hydrogens (tertiary/aromatic N) is 2. The van der Waals surface area contributed by atoms with Gasteiger partial charge in [0, 0.05) is 17.8 Å². The summed E-state index contributed by atoms with van der Waals surface area (Å²) >= 11 is 3.20. The normalized spacial score (nSPS) is 10.2. The maximum Gasteiger partial charge on any atom is 0.256 e. The standard InChI is InChI=1S/C14H15BrN4O/c1-3-16-11-5-4-10(6-9(11)2)14(20)19-13-8-17-12(15)7-18-13/h4-8,16H,3H2,1-2H3,(H,18,19,20). The highest BCUT2D eigenvalue weighted by Gasteiger charge is 2.08. The average Bonchev–Trinajstić information content (AvgIpc) is 2.44. The minimum absolute atomic E-state index is 0.201. The van der Waals surface area contributed by atoms with Crippen molar-refractivity contribution < 1.29 is 4.79 Å². The Labute approximate surface area is 126 Å². The Morgan fingerprint density at radius 1 is 1.30 bits per heavy atom. The summed E-state index contributed by atoms with van der Waals surface area (Å²) in [5, 5.41) is 5.95. The van der Waals surface area contributed by atoms with Crippen molar-refractivity contribution >= 4 is 33.3 Å². The number of rotatable bonds is 4. The van der Waals surface area contributed by atoms with Crippen molar-refractivity contribution in [3.63, 3.8) is 0 Å². The third kappa shape index (κ3) is 3.54. The number of carbonyl (C=O) groups is 1. The van der Waals surface area contributed by atoms with E-state index >= 15 is 0 Å². The highest BCUT2D eigenvalue weighted by Crippen LogP contribution is 2.17. The molecule has 2 N–H and O–H groups in total. The van der Waals surface area contributed by atoms with Crippen LogP contribution in [0, 0.1) is 6.92 Å². The van der Waals surface area contributed by atoms with Crippen LogP contribution < -0.4 is 10.6 Å². The molecule has 0 saturated carbocycles. The van der Waals surface area contributed by atoms with Gasteiger partial charge >= 0.3 is 0 Å². The molecule has 104 valence electrons. The summed E-state index contributed by atoms with van der Waals surface area (Å²) in [6.45, 7) is 4.85. The van der Waals surface area contributed by atoms with E-state index in [9.17, 15) is 4.79 Å². The zero-order valence-electron chi connectivity index (χ0n) is 11.3. The molecule has 20 heavy (non-hydrogen) atoms. The second-order valence-corrected chi connectivity index (χ2v) is 5.05. The van der Waals surface area contributed by atoms with Gasteiger partial charge in [0.25, 0.3) is 5.91 Å². The first-order valence-corrected chi connectivity index (χ1v) is 7.03. The van der Waals surface area contributed by atoms with Gasteiger partial charge in [0.15, 0.2) is 5.82 Å². The van der Waals surface area contributed by atoms with E-state index in [2.05, 4.69) is 36.5 Å². The maximum atomic E-state index is 12.1. The van der Waals surface area contributed by atoms with E-state index in [0.717, 1.165) is 17.8 Å². The summed E-state index contributed by atoms with van der Waals surface area (Å²) < 4.78 is 0.626. The van der Waals surface area contributed by atoms with Gasteiger partial charge in [-0.05, 0) is 53.5 Å². The predicted octanol–water partition coefficient (Wildman–Crippen LogP) is 3.23. The molecule has 0 fully saturated rings. The fraction of sp³-hybridized carbons (Fsp3) is 0.214. The van der Waals surface area contributed by atoms with E-state index < -0.39 is 0 Å². The van der Waals surface area contributed by atoms with Gasteiger partial charge in [-0.2, -0.15) is 0 Å². The number of nitrogens with one attached hydrogen (secondary N) is 2. The number of carbonyl (C=O) groups excluding carboxylic acids is 1. The van der Waals surface area contributed by atoms with Crippen molar-refractivity contribution in [3.8, 4) is 0 Å². The number of hydrogen-bond acceptors (Lipinski definition) is 4. The van der Waals surface area contributed by atoms with Gasteiger partial charge in [0.2, 0.25) is 0 Å². The molecule has 0 spiro atoms. The molecule has 0 bridgehead atoms. The summed E-state index contributed by atoms with van der Waals surface area (Å²) in [6.07, 6.45) is 3.04. The lowest BCUT2D eigenvalue weighted by Gasteiger charge is -2.09. The molecule has 1 aromatic heterocycles. The molecular formula is C14H15BrN4O. The topological polar surface area (TPSA) is 66.9 Å². The molecule has 0 radical (unpaired) electrons. The van der Waals surface area contributed by atoms with Crippen LogP contribution >= 0.6 is 15.9 Å². The lowest BCUT2D eigenvalue weighted by molar-refractivity contribution is 0.102. The van der Waals surface area contributed by atoms with Crippen LogP contribution in [0.4, 0.5) is 11.5 Å². The van der Waals surface area contributed by atoms with Crippen LogP contribution in [0.15, 0.2) is 35.2 Å². The predicted molar refractivity (Wildman–Crippen MR) is 83.0 cm³/mol. The van der Waals surface area contributed by atoms with Crippen LogP contribution in [0.3, 0.4) is 0 Å². The highest BCUT2D eigenvalue weighted by molar-refractivity contribution is 9.10. The van der Waals surface area contributed by atoms with E-state index in [1.54, 1.807) is 6.07 Å². The fourth-order valence-corrected chi connectivity index (χ4v) is 1.96. The van der Waals surface area contributed by atoms with Crippen LogP contribution in [-0.4, -0.2) is 22.4 Å². The third-order valence-electron chi connectivity index (χ3n) is 2.72. The van der Waals surface area contributed by atoms with Gasteiger partial charge in [-0.1, -0.05) is 0 Å². The number of aromatic nitrogens is 2. The van der Waals surface area contributed by atoms with Crippen LogP contribution in [-0.2, 0) is 0 Å². The molecule has 2 aromatic rings. The first kappa shape index (κ1) is 14.5.